The third-order valence-electron chi connectivity index (χ3n) is 4.23. The number of ketones is 1. The molecule has 0 unspecified atom stereocenters. The lowest BCUT2D eigenvalue weighted by Crippen LogP contribution is -2.16. The summed E-state index contributed by atoms with van der Waals surface area (Å²) in [6, 6.07) is 4.67. The van der Waals surface area contributed by atoms with Crippen molar-refractivity contribution in [3.63, 3.8) is 0 Å². The minimum absolute atomic E-state index is 0.110. The SMILES string of the molecule is COc1ccc(C(=O)COC(=O)c2[nH]c(C)c(C(=O)OC(C)C)c2C)cc1OC. The number of methoxy groups -OCH3 is 2. The van der Waals surface area contributed by atoms with Crippen LogP contribution in [-0.2, 0) is 9.47 Å². The second-order valence-electron chi connectivity index (χ2n) is 6.65. The highest BCUT2D eigenvalue weighted by atomic mass is 16.5. The molecule has 2 rings (SSSR count). The van der Waals surface area contributed by atoms with Gasteiger partial charge in [0.15, 0.2) is 23.9 Å². The maximum atomic E-state index is 12.4. The predicted molar refractivity (Wildman–Crippen MR) is 105 cm³/mol. The number of aryl methyl sites for hydroxylation is 1. The van der Waals surface area contributed by atoms with Crippen LogP contribution in [0.2, 0.25) is 0 Å². The first-order valence-corrected chi connectivity index (χ1v) is 9.02. The van der Waals surface area contributed by atoms with E-state index in [4.69, 9.17) is 18.9 Å². The van der Waals surface area contributed by atoms with E-state index in [-0.39, 0.29) is 17.4 Å². The average Bonchev–Trinajstić information content (AvgIpc) is 2.98. The Morgan fingerprint density at radius 3 is 2.24 bits per heavy atom. The number of carbonyl (C=O) groups excluding carboxylic acids is 3. The normalized spacial score (nSPS) is 10.6. The van der Waals surface area contributed by atoms with Gasteiger partial charge in [-0.1, -0.05) is 0 Å². The van der Waals surface area contributed by atoms with Gasteiger partial charge in [0, 0.05) is 11.3 Å². The molecule has 2 aromatic rings. The number of ether oxygens (including phenoxy) is 4. The number of hydrogen-bond acceptors (Lipinski definition) is 7. The molecule has 0 saturated carbocycles. The zero-order chi connectivity index (χ0) is 21.7. The summed E-state index contributed by atoms with van der Waals surface area (Å²) in [5, 5.41) is 0. The molecular formula is C21H25NO7. The Balaban J connectivity index is 2.11. The van der Waals surface area contributed by atoms with Gasteiger partial charge in [-0.15, -0.1) is 0 Å². The van der Waals surface area contributed by atoms with Gasteiger partial charge in [-0.2, -0.15) is 0 Å². The number of benzene rings is 1. The summed E-state index contributed by atoms with van der Waals surface area (Å²) in [4.78, 5) is 39.9. The topological polar surface area (TPSA) is 104 Å². The van der Waals surface area contributed by atoms with Crippen LogP contribution in [0, 0.1) is 13.8 Å². The van der Waals surface area contributed by atoms with Crippen LogP contribution in [0.3, 0.4) is 0 Å². The van der Waals surface area contributed by atoms with Crippen molar-refractivity contribution in [1.82, 2.24) is 4.98 Å². The Morgan fingerprint density at radius 2 is 1.66 bits per heavy atom. The molecule has 0 saturated heterocycles. The molecule has 0 aliphatic heterocycles. The molecule has 0 amide bonds. The molecule has 8 nitrogen and oxygen atoms in total. The summed E-state index contributed by atoms with van der Waals surface area (Å²) in [5.74, 6) is -0.775. The average molecular weight is 403 g/mol. The van der Waals surface area contributed by atoms with Crippen LogP contribution >= 0.6 is 0 Å². The Labute approximate surface area is 169 Å². The minimum Gasteiger partial charge on any atom is -0.493 e. The molecule has 0 spiro atoms. The number of esters is 2. The van der Waals surface area contributed by atoms with Crippen molar-refractivity contribution in [2.24, 2.45) is 0 Å². The van der Waals surface area contributed by atoms with E-state index in [0.717, 1.165) is 0 Å². The molecule has 156 valence electrons. The van der Waals surface area contributed by atoms with Crippen molar-refractivity contribution in [2.75, 3.05) is 20.8 Å². The molecule has 1 heterocycles. The van der Waals surface area contributed by atoms with Gasteiger partial charge in [-0.25, -0.2) is 9.59 Å². The van der Waals surface area contributed by atoms with Crippen LogP contribution in [0.1, 0.15) is 56.3 Å². The smallest absolute Gasteiger partial charge is 0.355 e. The molecule has 0 aliphatic rings. The Hall–Kier alpha value is -3.29. The fourth-order valence-corrected chi connectivity index (χ4v) is 2.83. The molecule has 1 aromatic carbocycles. The second kappa shape index (κ2) is 9.27. The molecule has 0 aliphatic carbocycles. The molecule has 0 atom stereocenters. The van der Waals surface area contributed by atoms with E-state index in [1.165, 1.54) is 20.3 Å². The zero-order valence-corrected chi connectivity index (χ0v) is 17.4. The Morgan fingerprint density at radius 1 is 1.00 bits per heavy atom. The molecule has 0 fully saturated rings. The monoisotopic (exact) mass is 403 g/mol. The molecule has 0 bridgehead atoms. The van der Waals surface area contributed by atoms with E-state index in [9.17, 15) is 14.4 Å². The largest absolute Gasteiger partial charge is 0.493 e. The molecule has 8 heteroatoms. The lowest BCUT2D eigenvalue weighted by Gasteiger charge is -2.09. The first-order valence-electron chi connectivity index (χ1n) is 9.02. The first-order chi connectivity index (χ1) is 13.7. The maximum Gasteiger partial charge on any atom is 0.355 e. The minimum atomic E-state index is -0.733. The summed E-state index contributed by atoms with van der Waals surface area (Å²) in [5.41, 5.74) is 1.62. The fraction of sp³-hybridized carbons (Fsp3) is 0.381. The molecule has 1 aromatic heterocycles. The van der Waals surface area contributed by atoms with Crippen molar-refractivity contribution >= 4 is 17.7 Å². The lowest BCUT2D eigenvalue weighted by molar-refractivity contribution is 0.0376. The van der Waals surface area contributed by atoms with Crippen molar-refractivity contribution < 1.29 is 33.3 Å². The fourth-order valence-electron chi connectivity index (χ4n) is 2.83. The number of carbonyl (C=O) groups is 3. The zero-order valence-electron chi connectivity index (χ0n) is 17.4. The second-order valence-corrected chi connectivity index (χ2v) is 6.65. The van der Waals surface area contributed by atoms with Crippen LogP contribution in [0.25, 0.3) is 0 Å². The highest BCUT2D eigenvalue weighted by Crippen LogP contribution is 2.27. The summed E-state index contributed by atoms with van der Waals surface area (Å²) in [7, 11) is 2.96. The number of aromatic amines is 1. The molecule has 0 radical (unpaired) electrons. The summed E-state index contributed by atoms with van der Waals surface area (Å²) < 4.78 is 20.6. The van der Waals surface area contributed by atoms with Gasteiger partial charge in [0.1, 0.15) is 5.69 Å². The number of Topliss-reactive ketones (excluding diaryl/α,β-unsaturated/α-hetero) is 1. The van der Waals surface area contributed by atoms with Gasteiger partial charge >= 0.3 is 11.9 Å². The first kappa shape index (κ1) is 22.0. The maximum absolute atomic E-state index is 12.4. The Bertz CT molecular complexity index is 927. The number of aromatic nitrogens is 1. The van der Waals surface area contributed by atoms with Crippen molar-refractivity contribution in [2.45, 2.75) is 33.8 Å². The number of H-pyrrole nitrogens is 1. The van der Waals surface area contributed by atoms with Gasteiger partial charge in [0.2, 0.25) is 0 Å². The van der Waals surface area contributed by atoms with Gasteiger partial charge in [-0.05, 0) is 51.5 Å². The number of hydrogen-bond donors (Lipinski definition) is 1. The predicted octanol–water partition coefficient (Wildman–Crippen LogP) is 3.25. The quantitative estimate of drug-likeness (QED) is 0.533. The van der Waals surface area contributed by atoms with E-state index in [1.54, 1.807) is 39.8 Å². The third-order valence-corrected chi connectivity index (χ3v) is 4.23. The Kier molecular flexibility index (Phi) is 7.03. The lowest BCUT2D eigenvalue weighted by atomic mass is 10.1. The third kappa shape index (κ3) is 4.96. The highest BCUT2D eigenvalue weighted by molar-refractivity contribution is 6.01. The van der Waals surface area contributed by atoms with E-state index >= 15 is 0 Å². The number of rotatable bonds is 8. The van der Waals surface area contributed by atoms with Crippen molar-refractivity contribution in [3.8, 4) is 11.5 Å². The van der Waals surface area contributed by atoms with Crippen LogP contribution in [0.15, 0.2) is 18.2 Å². The van der Waals surface area contributed by atoms with Gasteiger partial charge in [0.25, 0.3) is 0 Å². The van der Waals surface area contributed by atoms with E-state index in [1.807, 2.05) is 0 Å². The standard InChI is InChI=1S/C21H25NO7/c1-11(2)29-20(24)18-12(3)19(22-13(18)4)21(25)28-10-15(23)14-7-8-16(26-5)17(9-14)27-6/h7-9,11,22H,10H2,1-6H3. The molecule has 29 heavy (non-hydrogen) atoms. The summed E-state index contributed by atoms with van der Waals surface area (Å²) >= 11 is 0. The summed E-state index contributed by atoms with van der Waals surface area (Å²) in [6.45, 7) is 6.30. The van der Waals surface area contributed by atoms with Gasteiger partial charge in [0.05, 0.1) is 25.9 Å². The molecule has 1 N–H and O–H groups in total. The van der Waals surface area contributed by atoms with Crippen LogP contribution in [0.4, 0.5) is 0 Å². The van der Waals surface area contributed by atoms with Crippen LogP contribution in [0.5, 0.6) is 11.5 Å². The van der Waals surface area contributed by atoms with Crippen LogP contribution in [-0.4, -0.2) is 49.6 Å². The van der Waals surface area contributed by atoms with Crippen molar-refractivity contribution in [1.29, 1.82) is 0 Å². The highest BCUT2D eigenvalue weighted by Gasteiger charge is 2.25. The molecular weight excluding hydrogens is 378 g/mol. The van der Waals surface area contributed by atoms with Gasteiger partial charge < -0.3 is 23.9 Å². The van der Waals surface area contributed by atoms with Crippen molar-refractivity contribution in [3.05, 3.63) is 46.3 Å². The van der Waals surface area contributed by atoms with Crippen LogP contribution < -0.4 is 9.47 Å². The van der Waals surface area contributed by atoms with E-state index < -0.39 is 24.3 Å². The van der Waals surface area contributed by atoms with E-state index in [2.05, 4.69) is 4.98 Å². The number of nitrogens with one attached hydrogen (secondary N) is 1. The van der Waals surface area contributed by atoms with Gasteiger partial charge in [-0.3, -0.25) is 4.79 Å². The summed E-state index contributed by atoms with van der Waals surface area (Å²) in [6.07, 6.45) is -0.286. The van der Waals surface area contributed by atoms with E-state index in [0.29, 0.717) is 28.3 Å².